The molecule has 25 heavy (non-hydrogen) atoms. The van der Waals surface area contributed by atoms with E-state index in [4.69, 9.17) is 32.7 Å². The topological polar surface area (TPSA) is 51.7 Å². The van der Waals surface area contributed by atoms with E-state index in [9.17, 15) is 4.79 Å². The van der Waals surface area contributed by atoms with E-state index in [1.165, 1.54) is 0 Å². The first kappa shape index (κ1) is 17.8. The van der Waals surface area contributed by atoms with Gasteiger partial charge in [0.2, 0.25) is 0 Å². The van der Waals surface area contributed by atoms with Crippen LogP contribution in [0.1, 0.15) is 23.3 Å². The van der Waals surface area contributed by atoms with E-state index in [-0.39, 0.29) is 12.0 Å². The lowest BCUT2D eigenvalue weighted by Crippen LogP contribution is -2.42. The second-order valence-electron chi connectivity index (χ2n) is 5.74. The first-order valence-corrected chi connectivity index (χ1v) is 8.74. The summed E-state index contributed by atoms with van der Waals surface area (Å²) in [7, 11) is 1.56. The number of carbonyl (C=O) groups is 1. The van der Waals surface area contributed by atoms with Gasteiger partial charge in [0.25, 0.3) is 5.91 Å². The minimum Gasteiger partial charge on any atom is -0.495 e. The van der Waals surface area contributed by atoms with Crippen LogP contribution in [0, 0.1) is 0 Å². The number of benzene rings is 1. The highest BCUT2D eigenvalue weighted by molar-refractivity contribution is 6.42. The number of methoxy groups -OCH3 is 1. The number of hydrogen-bond acceptors (Lipinski definition) is 4. The predicted octanol–water partition coefficient (Wildman–Crippen LogP) is 4.08. The molecule has 0 N–H and O–H groups in total. The number of likely N-dealkylation sites (tertiary alicyclic amines) is 1. The van der Waals surface area contributed by atoms with Gasteiger partial charge in [0.05, 0.1) is 18.3 Å². The van der Waals surface area contributed by atoms with Crippen LogP contribution in [0.3, 0.4) is 0 Å². The van der Waals surface area contributed by atoms with E-state index >= 15 is 0 Å². The van der Waals surface area contributed by atoms with Crippen molar-refractivity contribution in [3.63, 3.8) is 0 Å². The summed E-state index contributed by atoms with van der Waals surface area (Å²) in [4.78, 5) is 18.4. The Hall–Kier alpha value is -1.98. The van der Waals surface area contributed by atoms with Crippen LogP contribution in [0.15, 0.2) is 36.5 Å². The van der Waals surface area contributed by atoms with Crippen molar-refractivity contribution in [2.75, 3.05) is 20.2 Å². The van der Waals surface area contributed by atoms with E-state index in [2.05, 4.69) is 4.98 Å². The number of hydrogen-bond donors (Lipinski definition) is 0. The van der Waals surface area contributed by atoms with Crippen molar-refractivity contribution in [2.24, 2.45) is 0 Å². The third kappa shape index (κ3) is 4.17. The third-order valence-electron chi connectivity index (χ3n) is 4.13. The maximum Gasteiger partial charge on any atom is 0.272 e. The maximum absolute atomic E-state index is 12.5. The number of carbonyl (C=O) groups excluding carboxylic acids is 1. The lowest BCUT2D eigenvalue weighted by molar-refractivity contribution is 0.0590. The predicted molar refractivity (Wildman–Crippen MR) is 96.8 cm³/mol. The number of rotatable bonds is 4. The highest BCUT2D eigenvalue weighted by Gasteiger charge is 2.26. The van der Waals surface area contributed by atoms with E-state index < -0.39 is 0 Å². The molecule has 1 aromatic carbocycles. The highest BCUT2D eigenvalue weighted by Crippen LogP contribution is 2.33. The molecule has 2 heterocycles. The Kier molecular flexibility index (Phi) is 5.66. The van der Waals surface area contributed by atoms with Gasteiger partial charge in [0, 0.05) is 25.9 Å². The molecule has 1 aromatic heterocycles. The van der Waals surface area contributed by atoms with Crippen molar-refractivity contribution in [1.82, 2.24) is 9.88 Å². The van der Waals surface area contributed by atoms with Gasteiger partial charge < -0.3 is 14.4 Å². The molecule has 3 rings (SSSR count). The summed E-state index contributed by atoms with van der Waals surface area (Å²) in [6.45, 7) is 1.21. The number of amides is 1. The van der Waals surface area contributed by atoms with Crippen molar-refractivity contribution in [3.8, 4) is 11.5 Å². The Morgan fingerprint density at radius 3 is 2.60 bits per heavy atom. The van der Waals surface area contributed by atoms with E-state index in [0.29, 0.717) is 40.3 Å². The number of nitrogens with zero attached hydrogens (tertiary/aromatic N) is 2. The Balaban J connectivity index is 1.57. The van der Waals surface area contributed by atoms with Gasteiger partial charge in [-0.05, 0) is 24.3 Å². The molecule has 1 aliphatic heterocycles. The summed E-state index contributed by atoms with van der Waals surface area (Å²) in [6.07, 6.45) is 3.00. The standard InChI is InChI=1S/C18H18Cl2N2O3/c1-24-13-5-6-15(21-11-13)18(23)22-9-7-12(8-10-22)25-16-4-2-3-14(19)17(16)20/h2-6,11-12H,7-10H2,1H3. The highest BCUT2D eigenvalue weighted by atomic mass is 35.5. The molecule has 0 atom stereocenters. The van der Waals surface area contributed by atoms with Gasteiger partial charge in [-0.2, -0.15) is 0 Å². The van der Waals surface area contributed by atoms with Crippen molar-refractivity contribution in [3.05, 3.63) is 52.3 Å². The summed E-state index contributed by atoms with van der Waals surface area (Å²) < 4.78 is 11.0. The summed E-state index contributed by atoms with van der Waals surface area (Å²) in [6, 6.07) is 8.73. The zero-order chi connectivity index (χ0) is 17.8. The third-order valence-corrected chi connectivity index (χ3v) is 4.93. The lowest BCUT2D eigenvalue weighted by atomic mass is 10.1. The minimum atomic E-state index is -0.0816. The van der Waals surface area contributed by atoms with E-state index in [1.54, 1.807) is 48.5 Å². The Morgan fingerprint density at radius 1 is 1.20 bits per heavy atom. The second-order valence-corrected chi connectivity index (χ2v) is 6.53. The first-order valence-electron chi connectivity index (χ1n) is 7.98. The normalized spacial score (nSPS) is 15.1. The number of ether oxygens (including phenoxy) is 2. The van der Waals surface area contributed by atoms with Crippen LogP contribution < -0.4 is 9.47 Å². The van der Waals surface area contributed by atoms with Crippen LogP contribution in [0.5, 0.6) is 11.5 Å². The molecule has 0 saturated carbocycles. The number of piperidine rings is 1. The fourth-order valence-corrected chi connectivity index (χ4v) is 3.06. The van der Waals surface area contributed by atoms with Crippen LogP contribution in [0.25, 0.3) is 0 Å². The zero-order valence-corrected chi connectivity index (χ0v) is 15.3. The Labute approximate surface area is 156 Å². The molecule has 1 fully saturated rings. The molecular formula is C18H18Cl2N2O3. The van der Waals surface area contributed by atoms with Gasteiger partial charge in [0.1, 0.15) is 28.3 Å². The van der Waals surface area contributed by atoms with Crippen LogP contribution in [0.2, 0.25) is 10.0 Å². The maximum atomic E-state index is 12.5. The minimum absolute atomic E-state index is 0.00356. The van der Waals surface area contributed by atoms with Gasteiger partial charge in [-0.15, -0.1) is 0 Å². The molecule has 1 amide bonds. The molecule has 0 spiro atoms. The quantitative estimate of drug-likeness (QED) is 0.801. The lowest BCUT2D eigenvalue weighted by Gasteiger charge is -2.32. The molecule has 1 saturated heterocycles. The van der Waals surface area contributed by atoms with Crippen LogP contribution in [0.4, 0.5) is 0 Å². The summed E-state index contributed by atoms with van der Waals surface area (Å²) in [5.74, 6) is 1.12. The average Bonchev–Trinajstić information content (AvgIpc) is 2.65. The van der Waals surface area contributed by atoms with Crippen molar-refractivity contribution >= 4 is 29.1 Å². The zero-order valence-electron chi connectivity index (χ0n) is 13.7. The van der Waals surface area contributed by atoms with Crippen LogP contribution in [-0.2, 0) is 0 Å². The van der Waals surface area contributed by atoms with Gasteiger partial charge in [0.15, 0.2) is 0 Å². The molecule has 0 unspecified atom stereocenters. The van der Waals surface area contributed by atoms with E-state index in [0.717, 1.165) is 12.8 Å². The fourth-order valence-electron chi connectivity index (χ4n) is 2.72. The van der Waals surface area contributed by atoms with Crippen molar-refractivity contribution in [2.45, 2.75) is 18.9 Å². The molecule has 0 bridgehead atoms. The van der Waals surface area contributed by atoms with Crippen LogP contribution in [-0.4, -0.2) is 42.1 Å². The molecular weight excluding hydrogens is 363 g/mol. The van der Waals surface area contributed by atoms with Crippen molar-refractivity contribution < 1.29 is 14.3 Å². The molecule has 2 aromatic rings. The monoisotopic (exact) mass is 380 g/mol. The second kappa shape index (κ2) is 7.93. The van der Waals surface area contributed by atoms with Gasteiger partial charge in [-0.1, -0.05) is 29.3 Å². The molecule has 5 nitrogen and oxygen atoms in total. The van der Waals surface area contributed by atoms with Gasteiger partial charge in [-0.25, -0.2) is 4.98 Å². The molecule has 7 heteroatoms. The smallest absolute Gasteiger partial charge is 0.272 e. The van der Waals surface area contributed by atoms with Crippen LogP contribution >= 0.6 is 23.2 Å². The number of aromatic nitrogens is 1. The summed E-state index contributed by atoms with van der Waals surface area (Å²) >= 11 is 12.2. The number of halogens is 2. The summed E-state index contributed by atoms with van der Waals surface area (Å²) in [5.41, 5.74) is 0.415. The first-order chi connectivity index (χ1) is 12.1. The SMILES string of the molecule is COc1ccc(C(=O)N2CCC(Oc3cccc(Cl)c3Cl)CC2)nc1. The van der Waals surface area contributed by atoms with Gasteiger partial charge in [-0.3, -0.25) is 4.79 Å². The van der Waals surface area contributed by atoms with E-state index in [1.807, 2.05) is 0 Å². The van der Waals surface area contributed by atoms with Crippen molar-refractivity contribution in [1.29, 1.82) is 0 Å². The molecule has 132 valence electrons. The molecule has 0 radical (unpaired) electrons. The number of pyridine rings is 1. The van der Waals surface area contributed by atoms with Gasteiger partial charge >= 0.3 is 0 Å². The Bertz CT molecular complexity index is 744. The summed E-state index contributed by atoms with van der Waals surface area (Å²) in [5, 5.41) is 0.891. The Morgan fingerprint density at radius 2 is 1.96 bits per heavy atom. The molecule has 1 aliphatic rings. The fraction of sp³-hybridized carbons (Fsp3) is 0.333. The largest absolute Gasteiger partial charge is 0.495 e. The molecule has 0 aliphatic carbocycles. The average molecular weight is 381 g/mol.